The number of nitrogens with one attached hydrogen (secondary N) is 2. The van der Waals surface area contributed by atoms with Crippen molar-refractivity contribution in [1.29, 1.82) is 0 Å². The molecule has 0 unspecified atom stereocenters. The first-order chi connectivity index (χ1) is 13.7. The van der Waals surface area contributed by atoms with Crippen LogP contribution in [0.1, 0.15) is 30.6 Å². The maximum Gasteiger partial charge on any atom is 0.191 e. The first-order valence-corrected chi connectivity index (χ1v) is 10.7. The first-order valence-electron chi connectivity index (χ1n) is 9.83. The Morgan fingerprint density at radius 1 is 1.14 bits per heavy atom. The predicted molar refractivity (Wildman–Crippen MR) is 117 cm³/mol. The quantitative estimate of drug-likeness (QED) is 0.486. The SMILES string of the molecule is CN=C(NCc1cc(-c2ccc(OC)cc2)cs1)NCC1(CCOC)CCC1. The molecule has 1 saturated carbocycles. The fourth-order valence-electron chi connectivity index (χ4n) is 3.58. The van der Waals surface area contributed by atoms with Crippen molar-refractivity contribution in [1.82, 2.24) is 10.6 Å². The Bertz CT molecular complexity index is 766. The topological polar surface area (TPSA) is 54.9 Å². The lowest BCUT2D eigenvalue weighted by molar-refractivity contribution is 0.0732. The van der Waals surface area contributed by atoms with Crippen LogP contribution in [0.2, 0.25) is 0 Å². The van der Waals surface area contributed by atoms with Gasteiger partial charge in [-0.25, -0.2) is 0 Å². The number of aliphatic imine (C=N–C) groups is 1. The van der Waals surface area contributed by atoms with E-state index in [1.54, 1.807) is 25.6 Å². The van der Waals surface area contributed by atoms with Gasteiger partial charge >= 0.3 is 0 Å². The molecule has 0 aliphatic heterocycles. The van der Waals surface area contributed by atoms with Crippen LogP contribution in [0.25, 0.3) is 11.1 Å². The van der Waals surface area contributed by atoms with Crippen LogP contribution in [0.15, 0.2) is 40.7 Å². The monoisotopic (exact) mass is 401 g/mol. The number of benzene rings is 1. The molecule has 0 radical (unpaired) electrons. The van der Waals surface area contributed by atoms with Crippen molar-refractivity contribution in [3.05, 3.63) is 40.6 Å². The fraction of sp³-hybridized carbons (Fsp3) is 0.500. The highest BCUT2D eigenvalue weighted by Crippen LogP contribution is 2.43. The van der Waals surface area contributed by atoms with Gasteiger partial charge in [0.15, 0.2) is 5.96 Å². The Balaban J connectivity index is 1.50. The summed E-state index contributed by atoms with van der Waals surface area (Å²) in [6.07, 6.45) is 4.98. The highest BCUT2D eigenvalue weighted by molar-refractivity contribution is 7.10. The van der Waals surface area contributed by atoms with E-state index in [2.05, 4.69) is 39.2 Å². The number of methoxy groups -OCH3 is 2. The van der Waals surface area contributed by atoms with Gasteiger partial charge in [-0.05, 0) is 59.4 Å². The van der Waals surface area contributed by atoms with E-state index in [-0.39, 0.29) is 0 Å². The van der Waals surface area contributed by atoms with Crippen molar-refractivity contribution in [2.75, 3.05) is 34.4 Å². The molecule has 2 aromatic rings. The maximum atomic E-state index is 5.28. The molecule has 5 nitrogen and oxygen atoms in total. The standard InChI is InChI=1S/C22H31N3O2S/c1-23-21(25-16-22(9-4-10-22)11-12-26-2)24-14-20-13-18(15-28-20)17-5-7-19(27-3)8-6-17/h5-8,13,15H,4,9-12,14,16H2,1-3H3,(H2,23,24,25). The molecule has 2 N–H and O–H groups in total. The minimum Gasteiger partial charge on any atom is -0.497 e. The van der Waals surface area contributed by atoms with Crippen LogP contribution in [0.3, 0.4) is 0 Å². The van der Waals surface area contributed by atoms with Gasteiger partial charge in [-0.1, -0.05) is 18.6 Å². The van der Waals surface area contributed by atoms with E-state index in [4.69, 9.17) is 9.47 Å². The number of hydrogen-bond acceptors (Lipinski definition) is 4. The van der Waals surface area contributed by atoms with Crippen molar-refractivity contribution in [3.63, 3.8) is 0 Å². The second-order valence-corrected chi connectivity index (χ2v) is 8.40. The van der Waals surface area contributed by atoms with Gasteiger partial charge < -0.3 is 20.1 Å². The summed E-state index contributed by atoms with van der Waals surface area (Å²) in [5, 5.41) is 9.16. The summed E-state index contributed by atoms with van der Waals surface area (Å²) in [7, 11) is 5.30. The summed E-state index contributed by atoms with van der Waals surface area (Å²) < 4.78 is 10.5. The molecule has 6 heteroatoms. The van der Waals surface area contributed by atoms with Crippen LogP contribution in [-0.4, -0.2) is 40.4 Å². The normalized spacial score (nSPS) is 15.8. The number of thiophene rings is 1. The van der Waals surface area contributed by atoms with E-state index < -0.39 is 0 Å². The summed E-state index contributed by atoms with van der Waals surface area (Å²) in [5.41, 5.74) is 2.81. The smallest absolute Gasteiger partial charge is 0.191 e. The minimum atomic E-state index is 0.373. The Kier molecular flexibility index (Phi) is 7.34. The molecule has 1 aromatic carbocycles. The summed E-state index contributed by atoms with van der Waals surface area (Å²) >= 11 is 1.76. The van der Waals surface area contributed by atoms with E-state index in [0.29, 0.717) is 5.41 Å². The Hall–Kier alpha value is -2.05. The number of nitrogens with zero attached hydrogens (tertiary/aromatic N) is 1. The third kappa shape index (κ3) is 5.26. The molecular formula is C22H31N3O2S. The highest BCUT2D eigenvalue weighted by atomic mass is 32.1. The van der Waals surface area contributed by atoms with Crippen molar-refractivity contribution >= 4 is 17.3 Å². The number of rotatable bonds is 9. The summed E-state index contributed by atoms with van der Waals surface area (Å²) in [6.45, 7) is 2.56. The molecule has 152 valence electrons. The summed E-state index contributed by atoms with van der Waals surface area (Å²) in [4.78, 5) is 5.67. The van der Waals surface area contributed by atoms with Gasteiger partial charge in [-0.15, -0.1) is 11.3 Å². The van der Waals surface area contributed by atoms with Gasteiger partial charge in [0.1, 0.15) is 5.75 Å². The summed E-state index contributed by atoms with van der Waals surface area (Å²) in [5.74, 6) is 1.74. The second-order valence-electron chi connectivity index (χ2n) is 7.41. The third-order valence-corrected chi connectivity index (χ3v) is 6.55. The van der Waals surface area contributed by atoms with Gasteiger partial charge in [0.25, 0.3) is 0 Å². The van der Waals surface area contributed by atoms with Gasteiger partial charge in [0, 0.05) is 32.2 Å². The predicted octanol–water partition coefficient (Wildman–Crippen LogP) is 4.30. The molecule has 1 fully saturated rings. The van der Waals surface area contributed by atoms with Crippen molar-refractivity contribution in [2.24, 2.45) is 10.4 Å². The highest BCUT2D eigenvalue weighted by Gasteiger charge is 2.36. The second kappa shape index (κ2) is 9.94. The van der Waals surface area contributed by atoms with E-state index in [9.17, 15) is 0 Å². The van der Waals surface area contributed by atoms with Crippen LogP contribution in [-0.2, 0) is 11.3 Å². The molecule has 1 heterocycles. The minimum absolute atomic E-state index is 0.373. The zero-order valence-electron chi connectivity index (χ0n) is 17.1. The molecule has 0 spiro atoms. The van der Waals surface area contributed by atoms with Crippen LogP contribution in [0.5, 0.6) is 5.75 Å². The van der Waals surface area contributed by atoms with E-state index >= 15 is 0 Å². The van der Waals surface area contributed by atoms with Crippen molar-refractivity contribution in [3.8, 4) is 16.9 Å². The van der Waals surface area contributed by atoms with Gasteiger partial charge in [0.05, 0.1) is 13.7 Å². The van der Waals surface area contributed by atoms with Crippen LogP contribution in [0, 0.1) is 5.41 Å². The Morgan fingerprint density at radius 3 is 2.54 bits per heavy atom. The van der Waals surface area contributed by atoms with Crippen LogP contribution >= 0.6 is 11.3 Å². The largest absolute Gasteiger partial charge is 0.497 e. The molecular weight excluding hydrogens is 370 g/mol. The zero-order valence-corrected chi connectivity index (χ0v) is 17.9. The third-order valence-electron chi connectivity index (χ3n) is 5.61. The number of guanidine groups is 1. The van der Waals surface area contributed by atoms with Gasteiger partial charge in [-0.3, -0.25) is 4.99 Å². The Morgan fingerprint density at radius 2 is 1.93 bits per heavy atom. The fourth-order valence-corrected chi connectivity index (χ4v) is 4.41. The lowest BCUT2D eigenvalue weighted by Crippen LogP contribution is -2.46. The van der Waals surface area contributed by atoms with Crippen LogP contribution in [0.4, 0.5) is 0 Å². The molecule has 0 atom stereocenters. The van der Waals surface area contributed by atoms with Crippen molar-refractivity contribution in [2.45, 2.75) is 32.2 Å². The molecule has 0 amide bonds. The zero-order chi connectivity index (χ0) is 19.8. The van der Waals surface area contributed by atoms with Gasteiger partial charge in [0.2, 0.25) is 0 Å². The van der Waals surface area contributed by atoms with Gasteiger partial charge in [-0.2, -0.15) is 0 Å². The lowest BCUT2D eigenvalue weighted by Gasteiger charge is -2.42. The van der Waals surface area contributed by atoms with E-state index in [1.165, 1.54) is 35.3 Å². The molecule has 1 aliphatic carbocycles. The van der Waals surface area contributed by atoms with E-state index in [0.717, 1.165) is 37.8 Å². The lowest BCUT2D eigenvalue weighted by atomic mass is 9.67. The average molecular weight is 402 g/mol. The summed E-state index contributed by atoms with van der Waals surface area (Å²) in [6, 6.07) is 10.4. The molecule has 0 saturated heterocycles. The number of ether oxygens (including phenoxy) is 2. The number of hydrogen-bond donors (Lipinski definition) is 2. The van der Waals surface area contributed by atoms with Crippen molar-refractivity contribution < 1.29 is 9.47 Å². The van der Waals surface area contributed by atoms with E-state index in [1.807, 2.05) is 19.2 Å². The molecule has 0 bridgehead atoms. The Labute approximate surface area is 172 Å². The first kappa shape index (κ1) is 20.7. The average Bonchev–Trinajstić information content (AvgIpc) is 3.18. The van der Waals surface area contributed by atoms with Crippen LogP contribution < -0.4 is 15.4 Å². The molecule has 3 rings (SSSR count). The molecule has 28 heavy (non-hydrogen) atoms. The maximum absolute atomic E-state index is 5.28. The molecule has 1 aromatic heterocycles. The molecule has 1 aliphatic rings.